The minimum Gasteiger partial charge on any atom is -0.327 e. The smallest absolute Gasteiger partial charge is 0.0175 e. The Balaban J connectivity index is 1.92. The predicted octanol–water partition coefficient (Wildman–Crippen LogP) is 3.37. The van der Waals surface area contributed by atoms with Crippen LogP contribution in [0.25, 0.3) is 0 Å². The van der Waals surface area contributed by atoms with Gasteiger partial charge < -0.3 is 5.73 Å². The van der Waals surface area contributed by atoms with Crippen LogP contribution in [0, 0.1) is 11.8 Å². The lowest BCUT2D eigenvalue weighted by molar-refractivity contribution is 0.404. The molecule has 1 nitrogen and oxygen atoms in total. The molecule has 1 aliphatic carbocycles. The standard InChI is InChI=1S/C13H18BrN/c1-9(11-4-5-11)13(15)8-10-2-6-12(14)7-3-10/h2-3,6-7,9,11,13H,4-5,8,15H2,1H3. The van der Waals surface area contributed by atoms with Crippen LogP contribution in [-0.2, 0) is 6.42 Å². The lowest BCUT2D eigenvalue weighted by atomic mass is 9.92. The van der Waals surface area contributed by atoms with Gasteiger partial charge in [0.15, 0.2) is 0 Å². The summed E-state index contributed by atoms with van der Waals surface area (Å²) in [6.07, 6.45) is 3.77. The molecular formula is C13H18BrN. The van der Waals surface area contributed by atoms with Crippen molar-refractivity contribution in [1.82, 2.24) is 0 Å². The highest BCUT2D eigenvalue weighted by Crippen LogP contribution is 2.38. The molecule has 1 saturated carbocycles. The van der Waals surface area contributed by atoms with E-state index in [4.69, 9.17) is 5.73 Å². The van der Waals surface area contributed by atoms with Crippen LogP contribution >= 0.6 is 15.9 Å². The molecule has 0 amide bonds. The SMILES string of the molecule is CC(C(N)Cc1ccc(Br)cc1)C1CC1. The fraction of sp³-hybridized carbons (Fsp3) is 0.538. The number of halogens is 1. The van der Waals surface area contributed by atoms with Crippen molar-refractivity contribution >= 4 is 15.9 Å². The Hall–Kier alpha value is -0.340. The molecule has 0 heterocycles. The zero-order chi connectivity index (χ0) is 10.8. The average Bonchev–Trinajstić information content (AvgIpc) is 3.04. The van der Waals surface area contributed by atoms with Crippen molar-refractivity contribution < 1.29 is 0 Å². The molecule has 82 valence electrons. The molecule has 0 radical (unpaired) electrons. The fourth-order valence-corrected chi connectivity index (χ4v) is 2.31. The third kappa shape index (κ3) is 3.05. The van der Waals surface area contributed by atoms with E-state index >= 15 is 0 Å². The molecule has 2 N–H and O–H groups in total. The molecule has 1 fully saturated rings. The van der Waals surface area contributed by atoms with Crippen molar-refractivity contribution in [3.63, 3.8) is 0 Å². The molecular weight excluding hydrogens is 250 g/mol. The molecule has 0 spiro atoms. The molecule has 0 bridgehead atoms. The summed E-state index contributed by atoms with van der Waals surface area (Å²) >= 11 is 3.44. The van der Waals surface area contributed by atoms with E-state index in [9.17, 15) is 0 Å². The van der Waals surface area contributed by atoms with Gasteiger partial charge in [-0.3, -0.25) is 0 Å². The van der Waals surface area contributed by atoms with Crippen LogP contribution in [-0.4, -0.2) is 6.04 Å². The zero-order valence-corrected chi connectivity index (χ0v) is 10.7. The van der Waals surface area contributed by atoms with Crippen molar-refractivity contribution in [2.45, 2.75) is 32.2 Å². The Morgan fingerprint density at radius 1 is 1.33 bits per heavy atom. The first kappa shape index (κ1) is 11.2. The van der Waals surface area contributed by atoms with E-state index in [0.717, 1.165) is 16.8 Å². The Labute approximate surface area is 100 Å². The third-order valence-electron chi connectivity index (χ3n) is 3.43. The van der Waals surface area contributed by atoms with E-state index in [2.05, 4.69) is 47.1 Å². The van der Waals surface area contributed by atoms with Crippen molar-refractivity contribution in [2.24, 2.45) is 17.6 Å². The van der Waals surface area contributed by atoms with Gasteiger partial charge in [0.25, 0.3) is 0 Å². The lowest BCUT2D eigenvalue weighted by Gasteiger charge is -2.19. The maximum Gasteiger partial charge on any atom is 0.0175 e. The first-order valence-electron chi connectivity index (χ1n) is 5.67. The molecule has 1 aliphatic rings. The third-order valence-corrected chi connectivity index (χ3v) is 3.95. The number of nitrogens with two attached hydrogens (primary N) is 1. The average molecular weight is 268 g/mol. The molecule has 0 saturated heterocycles. The highest BCUT2D eigenvalue weighted by Gasteiger charge is 2.31. The minimum atomic E-state index is 0.318. The van der Waals surface area contributed by atoms with Gasteiger partial charge in [0.05, 0.1) is 0 Å². The van der Waals surface area contributed by atoms with Crippen molar-refractivity contribution in [1.29, 1.82) is 0 Å². The van der Waals surface area contributed by atoms with Gasteiger partial charge in [0.1, 0.15) is 0 Å². The van der Waals surface area contributed by atoms with Gasteiger partial charge in [-0.2, -0.15) is 0 Å². The second-order valence-corrected chi connectivity index (χ2v) is 5.61. The molecule has 2 unspecified atom stereocenters. The Bertz CT molecular complexity index is 316. The highest BCUT2D eigenvalue weighted by atomic mass is 79.9. The Morgan fingerprint density at radius 2 is 1.93 bits per heavy atom. The summed E-state index contributed by atoms with van der Waals surface area (Å²) in [4.78, 5) is 0. The summed E-state index contributed by atoms with van der Waals surface area (Å²) in [5.41, 5.74) is 7.56. The van der Waals surface area contributed by atoms with E-state index in [-0.39, 0.29) is 0 Å². The van der Waals surface area contributed by atoms with E-state index in [1.165, 1.54) is 18.4 Å². The zero-order valence-electron chi connectivity index (χ0n) is 9.12. The van der Waals surface area contributed by atoms with Gasteiger partial charge in [-0.1, -0.05) is 35.0 Å². The van der Waals surface area contributed by atoms with E-state index in [1.807, 2.05) is 0 Å². The van der Waals surface area contributed by atoms with Gasteiger partial charge in [0.2, 0.25) is 0 Å². The van der Waals surface area contributed by atoms with Crippen LogP contribution in [0.4, 0.5) is 0 Å². The minimum absolute atomic E-state index is 0.318. The molecule has 1 aromatic carbocycles. The second kappa shape index (κ2) is 4.67. The number of benzene rings is 1. The topological polar surface area (TPSA) is 26.0 Å². The Kier molecular flexibility index (Phi) is 3.47. The molecule has 0 aromatic heterocycles. The van der Waals surface area contributed by atoms with E-state index in [0.29, 0.717) is 12.0 Å². The summed E-state index contributed by atoms with van der Waals surface area (Å²) in [6.45, 7) is 2.29. The Morgan fingerprint density at radius 3 is 2.47 bits per heavy atom. The summed E-state index contributed by atoms with van der Waals surface area (Å²) in [6, 6.07) is 8.81. The van der Waals surface area contributed by atoms with Gasteiger partial charge in [0, 0.05) is 10.5 Å². The van der Waals surface area contributed by atoms with Crippen LogP contribution in [0.2, 0.25) is 0 Å². The second-order valence-electron chi connectivity index (χ2n) is 4.69. The first-order chi connectivity index (χ1) is 7.16. The van der Waals surface area contributed by atoms with E-state index in [1.54, 1.807) is 0 Å². The van der Waals surface area contributed by atoms with Crippen LogP contribution < -0.4 is 5.73 Å². The number of hydrogen-bond donors (Lipinski definition) is 1. The lowest BCUT2D eigenvalue weighted by Crippen LogP contribution is -2.31. The maximum absolute atomic E-state index is 6.22. The summed E-state index contributed by atoms with van der Waals surface area (Å²) in [7, 11) is 0. The largest absolute Gasteiger partial charge is 0.327 e. The monoisotopic (exact) mass is 267 g/mol. The normalized spacial score (nSPS) is 19.9. The first-order valence-corrected chi connectivity index (χ1v) is 6.46. The molecule has 2 rings (SSSR count). The quantitative estimate of drug-likeness (QED) is 0.890. The molecule has 1 aromatic rings. The van der Waals surface area contributed by atoms with Gasteiger partial charge >= 0.3 is 0 Å². The van der Waals surface area contributed by atoms with Crippen LogP contribution in [0.5, 0.6) is 0 Å². The molecule has 2 heteroatoms. The van der Waals surface area contributed by atoms with Gasteiger partial charge in [-0.25, -0.2) is 0 Å². The van der Waals surface area contributed by atoms with Gasteiger partial charge in [-0.15, -0.1) is 0 Å². The molecule has 2 atom stereocenters. The summed E-state index contributed by atoms with van der Waals surface area (Å²) in [5.74, 6) is 1.57. The van der Waals surface area contributed by atoms with Crippen molar-refractivity contribution in [2.75, 3.05) is 0 Å². The molecule has 15 heavy (non-hydrogen) atoms. The highest BCUT2D eigenvalue weighted by molar-refractivity contribution is 9.10. The maximum atomic E-state index is 6.22. The molecule has 0 aliphatic heterocycles. The summed E-state index contributed by atoms with van der Waals surface area (Å²) < 4.78 is 1.13. The van der Waals surface area contributed by atoms with Crippen LogP contribution in [0.1, 0.15) is 25.3 Å². The van der Waals surface area contributed by atoms with E-state index < -0.39 is 0 Å². The van der Waals surface area contributed by atoms with Crippen molar-refractivity contribution in [3.8, 4) is 0 Å². The summed E-state index contributed by atoms with van der Waals surface area (Å²) in [5, 5.41) is 0. The van der Waals surface area contributed by atoms with Crippen molar-refractivity contribution in [3.05, 3.63) is 34.3 Å². The number of rotatable bonds is 4. The fourth-order valence-electron chi connectivity index (χ4n) is 2.05. The number of hydrogen-bond acceptors (Lipinski definition) is 1. The predicted molar refractivity (Wildman–Crippen MR) is 67.7 cm³/mol. The van der Waals surface area contributed by atoms with Crippen LogP contribution in [0.3, 0.4) is 0 Å². The van der Waals surface area contributed by atoms with Crippen LogP contribution in [0.15, 0.2) is 28.7 Å². The van der Waals surface area contributed by atoms with Gasteiger partial charge in [-0.05, 0) is 48.8 Å².